The van der Waals surface area contributed by atoms with Gasteiger partial charge in [-0.05, 0) is 0 Å². The van der Waals surface area contributed by atoms with Gasteiger partial charge in [-0.15, -0.1) is 0 Å². The van der Waals surface area contributed by atoms with Crippen molar-refractivity contribution in [3.63, 3.8) is 0 Å². The minimum absolute atomic E-state index is 0.215. The van der Waals surface area contributed by atoms with E-state index in [4.69, 9.17) is 11.1 Å². The number of nitrogens with one attached hydrogen (secondary N) is 2. The summed E-state index contributed by atoms with van der Waals surface area (Å²) in [7, 11) is 0. The van der Waals surface area contributed by atoms with Crippen molar-refractivity contribution in [2.24, 2.45) is 0 Å². The molecule has 0 saturated heterocycles. The first-order valence-corrected chi connectivity index (χ1v) is 7.25. The number of rotatable bonds is 4. The molecular formula is C12H10N10S. The number of fused-ring (bicyclic) bond motifs is 1. The summed E-state index contributed by atoms with van der Waals surface area (Å²) in [5.41, 5.74) is 7.85. The highest BCUT2D eigenvalue weighted by Crippen LogP contribution is 2.25. The van der Waals surface area contributed by atoms with Crippen LogP contribution in [0, 0.1) is 5.41 Å². The third-order valence-electron chi connectivity index (χ3n) is 3.12. The maximum absolute atomic E-state index is 7.22. The van der Waals surface area contributed by atoms with E-state index in [-0.39, 0.29) is 5.95 Å². The summed E-state index contributed by atoms with van der Waals surface area (Å²) >= 11 is 1.15. The van der Waals surface area contributed by atoms with Gasteiger partial charge in [0.1, 0.15) is 6.34 Å². The minimum Gasteiger partial charge on any atom is -0.367 e. The maximum Gasteiger partial charge on any atom is 0.233 e. The molecule has 114 valence electrons. The minimum atomic E-state index is 0.215. The summed E-state index contributed by atoms with van der Waals surface area (Å²) in [5, 5.41) is 14.9. The van der Waals surface area contributed by atoms with Gasteiger partial charge < -0.3 is 11.1 Å². The molecule has 0 bridgehead atoms. The Labute approximate surface area is 133 Å². The van der Waals surface area contributed by atoms with Crippen LogP contribution >= 0.6 is 11.5 Å². The van der Waals surface area contributed by atoms with Crippen LogP contribution in [0.25, 0.3) is 16.9 Å². The first kappa shape index (κ1) is 13.3. The van der Waals surface area contributed by atoms with Gasteiger partial charge in [0, 0.05) is 35.7 Å². The monoisotopic (exact) mass is 326 g/mol. The maximum atomic E-state index is 7.22. The first-order chi connectivity index (χ1) is 11.2. The lowest BCUT2D eigenvalue weighted by Crippen LogP contribution is -1.98. The molecule has 0 aromatic carbocycles. The molecule has 4 N–H and O–H groups in total. The van der Waals surface area contributed by atoms with Crippen molar-refractivity contribution in [2.75, 3.05) is 11.1 Å². The molecule has 4 heterocycles. The van der Waals surface area contributed by atoms with Crippen molar-refractivity contribution < 1.29 is 0 Å². The van der Waals surface area contributed by atoms with Crippen LogP contribution in [0.3, 0.4) is 0 Å². The van der Waals surface area contributed by atoms with Crippen LogP contribution in [0.1, 0.15) is 0 Å². The number of aromatic nitrogens is 7. The lowest BCUT2D eigenvalue weighted by Gasteiger charge is -2.04. The molecule has 10 nitrogen and oxygen atoms in total. The van der Waals surface area contributed by atoms with Gasteiger partial charge in [0.05, 0.1) is 18.1 Å². The lowest BCUT2D eigenvalue weighted by molar-refractivity contribution is 0.950. The van der Waals surface area contributed by atoms with Crippen molar-refractivity contribution >= 4 is 40.4 Å². The van der Waals surface area contributed by atoms with Crippen LogP contribution in [0.15, 0.2) is 31.0 Å². The van der Waals surface area contributed by atoms with E-state index in [1.54, 1.807) is 31.0 Å². The number of imidazole rings is 1. The van der Waals surface area contributed by atoms with Crippen LogP contribution in [0.2, 0.25) is 0 Å². The highest BCUT2D eigenvalue weighted by molar-refractivity contribution is 7.10. The molecule has 0 atom stereocenters. The van der Waals surface area contributed by atoms with E-state index >= 15 is 0 Å². The van der Waals surface area contributed by atoms with Gasteiger partial charge in [-0.3, -0.25) is 9.81 Å². The molecule has 23 heavy (non-hydrogen) atoms. The number of nitrogen functional groups attached to an aromatic ring is 1. The first-order valence-electron chi connectivity index (χ1n) is 6.48. The molecule has 0 spiro atoms. The van der Waals surface area contributed by atoms with E-state index in [0.717, 1.165) is 29.1 Å². The summed E-state index contributed by atoms with van der Waals surface area (Å²) in [5.74, 6) is 0.766. The summed E-state index contributed by atoms with van der Waals surface area (Å²) < 4.78 is 7.21. The summed E-state index contributed by atoms with van der Waals surface area (Å²) in [6, 6.07) is 0. The second-order valence-electron chi connectivity index (χ2n) is 4.53. The third-order valence-corrected chi connectivity index (χ3v) is 3.77. The number of nitrogens with two attached hydrogens (primary N) is 1. The van der Waals surface area contributed by atoms with Crippen LogP contribution in [0.5, 0.6) is 0 Å². The number of hydrogen-bond acceptors (Lipinski definition) is 9. The van der Waals surface area contributed by atoms with E-state index < -0.39 is 0 Å². The van der Waals surface area contributed by atoms with Crippen LogP contribution in [-0.4, -0.2) is 39.8 Å². The Bertz CT molecular complexity index is 996. The standard InChI is InChI=1S/C12H10N10S/c13-6-21-5-7(3-17-21)8-4-16-10-9(15-1-2-22(8)10)18-12-19-11(14)20-23-12/h1-6,13H,(H3,14,15,18,19,20). The number of anilines is 3. The van der Waals surface area contributed by atoms with Crippen molar-refractivity contribution in [1.82, 2.24) is 33.5 Å². The van der Waals surface area contributed by atoms with Gasteiger partial charge in [0.15, 0.2) is 11.5 Å². The Kier molecular flexibility index (Phi) is 2.98. The smallest absolute Gasteiger partial charge is 0.233 e. The predicted octanol–water partition coefficient (Wildman–Crippen LogP) is 1.23. The largest absolute Gasteiger partial charge is 0.367 e. The van der Waals surface area contributed by atoms with E-state index in [9.17, 15) is 0 Å². The van der Waals surface area contributed by atoms with Gasteiger partial charge >= 0.3 is 0 Å². The highest BCUT2D eigenvalue weighted by atomic mass is 32.1. The SMILES string of the molecule is N=Cn1cc(-c2cnc3c(Nc4nc(N)ns4)nccn23)cn1. The van der Waals surface area contributed by atoms with Gasteiger partial charge in [0.25, 0.3) is 0 Å². The van der Waals surface area contributed by atoms with Gasteiger partial charge in [0.2, 0.25) is 11.1 Å². The summed E-state index contributed by atoms with van der Waals surface area (Å²) in [4.78, 5) is 12.7. The molecule has 0 unspecified atom stereocenters. The van der Waals surface area contributed by atoms with Crippen LogP contribution < -0.4 is 11.1 Å². The zero-order valence-electron chi connectivity index (χ0n) is 11.6. The summed E-state index contributed by atoms with van der Waals surface area (Å²) in [6.07, 6.45) is 9.73. The zero-order valence-corrected chi connectivity index (χ0v) is 12.4. The molecular weight excluding hydrogens is 316 g/mol. The van der Waals surface area contributed by atoms with Crippen LogP contribution in [0.4, 0.5) is 16.9 Å². The fourth-order valence-corrected chi connectivity index (χ4v) is 2.65. The Morgan fingerprint density at radius 1 is 1.30 bits per heavy atom. The molecule has 0 radical (unpaired) electrons. The average Bonchev–Trinajstić information content (AvgIpc) is 3.26. The van der Waals surface area contributed by atoms with Gasteiger partial charge in [-0.1, -0.05) is 0 Å². The molecule has 4 aromatic heterocycles. The van der Waals surface area contributed by atoms with E-state index in [1.165, 1.54) is 4.68 Å². The molecule has 11 heteroatoms. The van der Waals surface area contributed by atoms with E-state index in [0.29, 0.717) is 16.6 Å². The second kappa shape index (κ2) is 5.14. The Balaban J connectivity index is 1.78. The quantitative estimate of drug-likeness (QED) is 0.379. The van der Waals surface area contributed by atoms with Crippen molar-refractivity contribution in [3.05, 3.63) is 31.0 Å². The Hall–Kier alpha value is -3.34. The molecule has 4 rings (SSSR count). The molecule has 0 amide bonds. The van der Waals surface area contributed by atoms with Gasteiger partial charge in [-0.2, -0.15) is 14.5 Å². The number of nitrogens with zero attached hydrogens (tertiary/aromatic N) is 7. The molecule has 4 aromatic rings. The van der Waals surface area contributed by atoms with E-state index in [2.05, 4.69) is 29.7 Å². The molecule has 0 aliphatic carbocycles. The topological polar surface area (TPSA) is 136 Å². The fourth-order valence-electron chi connectivity index (χ4n) is 2.15. The average molecular weight is 326 g/mol. The van der Waals surface area contributed by atoms with Crippen LogP contribution in [-0.2, 0) is 0 Å². The normalized spacial score (nSPS) is 11.0. The molecule has 0 saturated carbocycles. The Morgan fingerprint density at radius 3 is 2.96 bits per heavy atom. The lowest BCUT2D eigenvalue weighted by atomic mass is 10.3. The predicted molar refractivity (Wildman–Crippen MR) is 86.0 cm³/mol. The van der Waals surface area contributed by atoms with Crippen molar-refractivity contribution in [2.45, 2.75) is 0 Å². The van der Waals surface area contributed by atoms with Crippen molar-refractivity contribution in [3.8, 4) is 11.3 Å². The summed E-state index contributed by atoms with van der Waals surface area (Å²) in [6.45, 7) is 0. The van der Waals surface area contributed by atoms with Crippen molar-refractivity contribution in [1.29, 1.82) is 5.41 Å². The van der Waals surface area contributed by atoms with E-state index in [1.807, 2.05) is 4.40 Å². The second-order valence-corrected chi connectivity index (χ2v) is 5.29. The zero-order chi connectivity index (χ0) is 15.8. The molecule has 0 aliphatic heterocycles. The highest BCUT2D eigenvalue weighted by Gasteiger charge is 2.13. The molecule has 0 aliphatic rings. The molecule has 0 fully saturated rings. The fraction of sp³-hybridized carbons (Fsp3) is 0. The third kappa shape index (κ3) is 2.28. The number of hydrogen-bond donors (Lipinski definition) is 3. The Morgan fingerprint density at radius 2 is 2.22 bits per heavy atom. The van der Waals surface area contributed by atoms with Gasteiger partial charge in [-0.25, -0.2) is 14.6 Å².